The van der Waals surface area contributed by atoms with Gasteiger partial charge in [-0.2, -0.15) is 0 Å². The summed E-state index contributed by atoms with van der Waals surface area (Å²) in [5.41, 5.74) is 6.28. The second kappa shape index (κ2) is 10.0. The highest BCUT2D eigenvalue weighted by molar-refractivity contribution is 8.00. The number of rotatable bonds is 8. The van der Waals surface area contributed by atoms with Gasteiger partial charge in [-0.25, -0.2) is 0 Å². The third kappa shape index (κ3) is 5.38. The lowest BCUT2D eigenvalue weighted by molar-refractivity contribution is -0.114. The third-order valence-electron chi connectivity index (χ3n) is 4.76. The number of hydrogen-bond donors (Lipinski definition) is 3. The lowest BCUT2D eigenvalue weighted by Gasteiger charge is -2.16. The van der Waals surface area contributed by atoms with Crippen LogP contribution in [0.1, 0.15) is 18.1 Å². The molecule has 0 atom stereocenters. The highest BCUT2D eigenvalue weighted by Crippen LogP contribution is 2.37. The van der Waals surface area contributed by atoms with Crippen molar-refractivity contribution >= 4 is 41.3 Å². The standard InChI is InChI=1S/C24H25N3O3S/c1-15-7-5-6-8-19(15)20-10-9-18(12-23(20)30-4)27-31-24-13-22(26-17(3)29)21(25-14-28)11-16(24)2/h5-14,27H,1-4H3,(H,25,28)(H,26,29). The van der Waals surface area contributed by atoms with Crippen LogP contribution >= 0.6 is 11.9 Å². The third-order valence-corrected chi connectivity index (χ3v) is 5.75. The van der Waals surface area contributed by atoms with E-state index in [4.69, 9.17) is 4.74 Å². The molecule has 7 heteroatoms. The van der Waals surface area contributed by atoms with Crippen LogP contribution in [0.3, 0.4) is 0 Å². The number of methoxy groups -OCH3 is 1. The van der Waals surface area contributed by atoms with Gasteiger partial charge >= 0.3 is 0 Å². The second-order valence-corrected chi connectivity index (χ2v) is 7.89. The number of anilines is 3. The van der Waals surface area contributed by atoms with Crippen molar-refractivity contribution in [3.63, 3.8) is 0 Å². The van der Waals surface area contributed by atoms with Crippen molar-refractivity contribution < 1.29 is 14.3 Å². The molecule has 3 aromatic carbocycles. The second-order valence-electron chi connectivity index (χ2n) is 7.04. The molecule has 0 heterocycles. The molecule has 3 N–H and O–H groups in total. The molecule has 0 saturated heterocycles. The van der Waals surface area contributed by atoms with E-state index >= 15 is 0 Å². The molecule has 0 aliphatic heterocycles. The van der Waals surface area contributed by atoms with Gasteiger partial charge in [-0.05, 0) is 66.8 Å². The molecule has 6 nitrogen and oxygen atoms in total. The van der Waals surface area contributed by atoms with Gasteiger partial charge in [-0.1, -0.05) is 24.3 Å². The number of hydrogen-bond acceptors (Lipinski definition) is 5. The van der Waals surface area contributed by atoms with E-state index in [9.17, 15) is 9.59 Å². The summed E-state index contributed by atoms with van der Waals surface area (Å²) in [5, 5.41) is 5.37. The van der Waals surface area contributed by atoms with E-state index in [-0.39, 0.29) is 5.91 Å². The summed E-state index contributed by atoms with van der Waals surface area (Å²) in [4.78, 5) is 23.3. The summed E-state index contributed by atoms with van der Waals surface area (Å²) in [6.07, 6.45) is 0.591. The number of carbonyl (C=O) groups excluding carboxylic acids is 2. The topological polar surface area (TPSA) is 79.5 Å². The van der Waals surface area contributed by atoms with Gasteiger partial charge in [0.2, 0.25) is 12.3 Å². The summed E-state index contributed by atoms with van der Waals surface area (Å²) in [5.74, 6) is 0.569. The van der Waals surface area contributed by atoms with E-state index in [1.54, 1.807) is 7.11 Å². The number of benzene rings is 3. The van der Waals surface area contributed by atoms with Crippen molar-refractivity contribution in [1.29, 1.82) is 0 Å². The smallest absolute Gasteiger partial charge is 0.221 e. The van der Waals surface area contributed by atoms with Gasteiger partial charge in [0.1, 0.15) is 5.75 Å². The fourth-order valence-electron chi connectivity index (χ4n) is 3.24. The van der Waals surface area contributed by atoms with Crippen LogP contribution in [0.4, 0.5) is 17.1 Å². The Morgan fingerprint density at radius 3 is 2.42 bits per heavy atom. The van der Waals surface area contributed by atoms with Gasteiger partial charge in [-0.3, -0.25) is 9.59 Å². The summed E-state index contributed by atoms with van der Waals surface area (Å²) in [7, 11) is 1.66. The number of nitrogens with one attached hydrogen (secondary N) is 3. The largest absolute Gasteiger partial charge is 0.496 e. The maximum absolute atomic E-state index is 11.5. The Morgan fingerprint density at radius 2 is 1.74 bits per heavy atom. The molecule has 3 rings (SSSR count). The fourth-order valence-corrected chi connectivity index (χ4v) is 3.99. The Balaban J connectivity index is 1.85. The molecule has 0 aliphatic rings. The minimum absolute atomic E-state index is 0.210. The molecule has 0 bridgehead atoms. The molecule has 0 spiro atoms. The van der Waals surface area contributed by atoms with Gasteiger partial charge in [0.05, 0.1) is 18.5 Å². The quantitative estimate of drug-likeness (QED) is 0.316. The molecule has 2 amide bonds. The van der Waals surface area contributed by atoms with Crippen molar-refractivity contribution in [2.24, 2.45) is 0 Å². The maximum Gasteiger partial charge on any atom is 0.221 e. The van der Waals surface area contributed by atoms with Gasteiger partial charge in [0.15, 0.2) is 0 Å². The Kier molecular flexibility index (Phi) is 7.20. The zero-order chi connectivity index (χ0) is 22.4. The van der Waals surface area contributed by atoms with Crippen molar-refractivity contribution in [1.82, 2.24) is 0 Å². The first-order chi connectivity index (χ1) is 14.9. The van der Waals surface area contributed by atoms with Crippen LogP contribution in [0.25, 0.3) is 11.1 Å². The molecule has 0 aliphatic carbocycles. The number of carbonyl (C=O) groups is 2. The molecular weight excluding hydrogens is 410 g/mol. The highest BCUT2D eigenvalue weighted by Gasteiger charge is 2.12. The molecule has 0 radical (unpaired) electrons. The molecule has 160 valence electrons. The first-order valence-electron chi connectivity index (χ1n) is 9.72. The maximum atomic E-state index is 11.5. The van der Waals surface area contributed by atoms with E-state index < -0.39 is 0 Å². The van der Waals surface area contributed by atoms with Crippen LogP contribution in [0.5, 0.6) is 5.75 Å². The zero-order valence-corrected chi connectivity index (χ0v) is 18.7. The van der Waals surface area contributed by atoms with Crippen LogP contribution in [0.2, 0.25) is 0 Å². The van der Waals surface area contributed by atoms with E-state index in [1.807, 2.05) is 49.4 Å². The van der Waals surface area contributed by atoms with Crippen LogP contribution in [0, 0.1) is 13.8 Å². The number of ether oxygens (including phenoxy) is 1. The molecule has 0 aromatic heterocycles. The predicted molar refractivity (Wildman–Crippen MR) is 128 cm³/mol. The Morgan fingerprint density at radius 1 is 0.968 bits per heavy atom. The minimum atomic E-state index is -0.210. The number of aryl methyl sites for hydroxylation is 2. The average molecular weight is 436 g/mol. The predicted octanol–water partition coefficient (Wildman–Crippen LogP) is 5.62. The number of amides is 2. The van der Waals surface area contributed by atoms with Gasteiger partial charge in [-0.15, -0.1) is 0 Å². The highest BCUT2D eigenvalue weighted by atomic mass is 32.2. The Bertz CT molecular complexity index is 1120. The molecule has 31 heavy (non-hydrogen) atoms. The lowest BCUT2D eigenvalue weighted by atomic mass is 9.99. The normalized spacial score (nSPS) is 10.3. The van der Waals surface area contributed by atoms with Crippen LogP contribution in [-0.2, 0) is 9.59 Å². The van der Waals surface area contributed by atoms with E-state index in [1.165, 1.54) is 24.4 Å². The first-order valence-corrected chi connectivity index (χ1v) is 10.5. The summed E-state index contributed by atoms with van der Waals surface area (Å²) < 4.78 is 8.97. The van der Waals surface area contributed by atoms with Crippen LogP contribution < -0.4 is 20.1 Å². The summed E-state index contributed by atoms with van der Waals surface area (Å²) in [6.45, 7) is 5.45. The van der Waals surface area contributed by atoms with E-state index in [0.29, 0.717) is 17.8 Å². The molecule has 3 aromatic rings. The molecular formula is C24H25N3O3S. The van der Waals surface area contributed by atoms with Crippen molar-refractivity contribution in [2.75, 3.05) is 22.5 Å². The van der Waals surface area contributed by atoms with Crippen LogP contribution in [0.15, 0.2) is 59.5 Å². The Hall–Kier alpha value is -3.45. The average Bonchev–Trinajstić information content (AvgIpc) is 2.75. The van der Waals surface area contributed by atoms with Gasteiger partial charge < -0.3 is 20.1 Å². The SMILES string of the molecule is COc1cc(NSc2cc(NC(C)=O)c(NC=O)cc2C)ccc1-c1ccccc1C. The molecule has 0 unspecified atom stereocenters. The minimum Gasteiger partial charge on any atom is -0.496 e. The summed E-state index contributed by atoms with van der Waals surface area (Å²) >= 11 is 1.42. The molecule has 0 fully saturated rings. The monoisotopic (exact) mass is 435 g/mol. The van der Waals surface area contributed by atoms with Crippen LogP contribution in [-0.4, -0.2) is 19.4 Å². The zero-order valence-electron chi connectivity index (χ0n) is 17.9. The summed E-state index contributed by atoms with van der Waals surface area (Å²) in [6, 6.07) is 17.9. The lowest BCUT2D eigenvalue weighted by Crippen LogP contribution is -2.09. The van der Waals surface area contributed by atoms with E-state index in [2.05, 4.69) is 34.4 Å². The Labute approximate surface area is 186 Å². The van der Waals surface area contributed by atoms with Gasteiger partial charge in [0, 0.05) is 29.1 Å². The molecule has 0 saturated carbocycles. The first kappa shape index (κ1) is 22.2. The van der Waals surface area contributed by atoms with Gasteiger partial charge in [0.25, 0.3) is 0 Å². The van der Waals surface area contributed by atoms with E-state index in [0.717, 1.165) is 33.0 Å². The van der Waals surface area contributed by atoms with Crippen molar-refractivity contribution in [2.45, 2.75) is 25.7 Å². The fraction of sp³-hybridized carbons (Fsp3) is 0.167. The van der Waals surface area contributed by atoms with Crippen molar-refractivity contribution in [3.05, 3.63) is 65.7 Å². The van der Waals surface area contributed by atoms with Crippen molar-refractivity contribution in [3.8, 4) is 16.9 Å².